The van der Waals surface area contributed by atoms with Crippen molar-refractivity contribution in [2.45, 2.75) is 13.0 Å². The second kappa shape index (κ2) is 9.60. The first-order valence-corrected chi connectivity index (χ1v) is 10.2. The molecule has 1 amide bonds. The lowest BCUT2D eigenvalue weighted by Crippen LogP contribution is -2.42. The van der Waals surface area contributed by atoms with Crippen LogP contribution in [0.15, 0.2) is 48.2 Å². The zero-order valence-corrected chi connectivity index (χ0v) is 17.7. The number of rotatable bonds is 7. The summed E-state index contributed by atoms with van der Waals surface area (Å²) in [7, 11) is 0. The average molecular weight is 440 g/mol. The third-order valence-electron chi connectivity index (χ3n) is 5.19. The fourth-order valence-corrected chi connectivity index (χ4v) is 3.59. The number of aromatic nitrogens is 4. The van der Waals surface area contributed by atoms with Crippen LogP contribution in [-0.2, 0) is 19.1 Å². The molecule has 0 aliphatic carbocycles. The van der Waals surface area contributed by atoms with E-state index in [-0.39, 0.29) is 19.1 Å². The summed E-state index contributed by atoms with van der Waals surface area (Å²) in [5.74, 6) is 0.388. The van der Waals surface area contributed by atoms with Crippen molar-refractivity contribution >= 4 is 17.8 Å². The minimum Gasteiger partial charge on any atom is -0.484 e. The molecular formula is C21H24N6O5. The van der Waals surface area contributed by atoms with Gasteiger partial charge in [0.1, 0.15) is 18.4 Å². The van der Waals surface area contributed by atoms with Gasteiger partial charge in [0.05, 0.1) is 18.8 Å². The molecule has 2 aliphatic rings. The third-order valence-corrected chi connectivity index (χ3v) is 5.19. The first kappa shape index (κ1) is 21.5. The number of carbonyl (C=O) groups is 2. The molecule has 0 saturated carbocycles. The van der Waals surface area contributed by atoms with Gasteiger partial charge in [0, 0.05) is 18.8 Å². The average Bonchev–Trinajstić information content (AvgIpc) is 3.29. The number of nitrogens with zero attached hydrogens (tertiary/aromatic N) is 5. The highest BCUT2D eigenvalue weighted by Crippen LogP contribution is 2.35. The highest BCUT2D eigenvalue weighted by molar-refractivity contribution is 5.92. The van der Waals surface area contributed by atoms with Gasteiger partial charge in [0.2, 0.25) is 5.95 Å². The van der Waals surface area contributed by atoms with Crippen molar-refractivity contribution in [1.29, 1.82) is 0 Å². The maximum absolute atomic E-state index is 12.8. The number of carbonyl (C=O) groups excluding carboxylic acids is 2. The monoisotopic (exact) mass is 440 g/mol. The molecule has 1 aromatic heterocycles. The number of hydrogen-bond donors (Lipinski definition) is 1. The quantitative estimate of drug-likeness (QED) is 0.495. The van der Waals surface area contributed by atoms with E-state index in [2.05, 4.69) is 27.4 Å². The number of nitrogens with one attached hydrogen (secondary N) is 1. The number of morpholine rings is 1. The van der Waals surface area contributed by atoms with Crippen LogP contribution in [0.3, 0.4) is 0 Å². The molecule has 0 bridgehead atoms. The summed E-state index contributed by atoms with van der Waals surface area (Å²) in [5.41, 5.74) is 1.75. The lowest BCUT2D eigenvalue weighted by molar-refractivity contribution is -0.138. The summed E-state index contributed by atoms with van der Waals surface area (Å²) in [6.45, 7) is 7.61. The molecule has 11 heteroatoms. The second-order valence-electron chi connectivity index (χ2n) is 7.25. The molecule has 1 fully saturated rings. The van der Waals surface area contributed by atoms with Gasteiger partial charge in [-0.1, -0.05) is 29.9 Å². The molecule has 3 heterocycles. The number of fused-ring (bicyclic) bond motifs is 1. The summed E-state index contributed by atoms with van der Waals surface area (Å²) in [5, 5.41) is 14.7. The Morgan fingerprint density at radius 2 is 2.03 bits per heavy atom. The van der Waals surface area contributed by atoms with E-state index in [1.165, 1.54) is 10.8 Å². The lowest BCUT2D eigenvalue weighted by Gasteiger charge is -2.27. The Hall–Kier alpha value is -3.73. The van der Waals surface area contributed by atoms with Gasteiger partial charge in [-0.05, 0) is 35.0 Å². The third kappa shape index (κ3) is 4.47. The van der Waals surface area contributed by atoms with Gasteiger partial charge >= 0.3 is 5.97 Å². The molecule has 4 rings (SSSR count). The van der Waals surface area contributed by atoms with Gasteiger partial charge in [-0.3, -0.25) is 4.79 Å². The van der Waals surface area contributed by atoms with Crippen LogP contribution in [0.5, 0.6) is 5.75 Å². The number of ether oxygens (including phenoxy) is 3. The number of allylic oxidation sites excluding steroid dienone is 1. The van der Waals surface area contributed by atoms with Gasteiger partial charge in [-0.15, -0.1) is 0 Å². The van der Waals surface area contributed by atoms with E-state index in [0.717, 1.165) is 5.56 Å². The Labute approximate surface area is 184 Å². The van der Waals surface area contributed by atoms with Crippen molar-refractivity contribution in [3.63, 3.8) is 0 Å². The Kier molecular flexibility index (Phi) is 6.45. The fourth-order valence-electron chi connectivity index (χ4n) is 3.59. The van der Waals surface area contributed by atoms with Gasteiger partial charge in [-0.2, -0.15) is 4.68 Å². The number of tetrazole rings is 1. The van der Waals surface area contributed by atoms with Crippen molar-refractivity contribution in [3.05, 3.63) is 53.8 Å². The van der Waals surface area contributed by atoms with E-state index in [4.69, 9.17) is 14.2 Å². The van der Waals surface area contributed by atoms with Crippen LogP contribution in [0.25, 0.3) is 0 Å². The van der Waals surface area contributed by atoms with Crippen LogP contribution in [-0.4, -0.2) is 76.5 Å². The number of benzene rings is 1. The minimum absolute atomic E-state index is 0.0536. The largest absolute Gasteiger partial charge is 0.484 e. The Balaban J connectivity index is 1.51. The lowest BCUT2D eigenvalue weighted by atomic mass is 9.96. The summed E-state index contributed by atoms with van der Waals surface area (Å²) in [6, 6.07) is 6.53. The highest BCUT2D eigenvalue weighted by Gasteiger charge is 2.34. The van der Waals surface area contributed by atoms with Crippen LogP contribution in [0.2, 0.25) is 0 Å². The summed E-state index contributed by atoms with van der Waals surface area (Å²) >= 11 is 0. The molecule has 2 aromatic rings. The van der Waals surface area contributed by atoms with E-state index in [1.807, 2.05) is 12.1 Å². The Morgan fingerprint density at radius 1 is 1.28 bits per heavy atom. The Bertz CT molecular complexity index is 1030. The van der Waals surface area contributed by atoms with Crippen LogP contribution < -0.4 is 10.1 Å². The molecule has 32 heavy (non-hydrogen) atoms. The molecule has 1 N–H and O–H groups in total. The van der Waals surface area contributed by atoms with Crippen molar-refractivity contribution in [1.82, 2.24) is 25.1 Å². The van der Waals surface area contributed by atoms with Gasteiger partial charge in [0.25, 0.3) is 5.91 Å². The first-order chi connectivity index (χ1) is 15.6. The smallest absolute Gasteiger partial charge is 0.338 e. The van der Waals surface area contributed by atoms with E-state index in [0.29, 0.717) is 49.3 Å². The predicted octanol–water partition coefficient (Wildman–Crippen LogP) is 0.929. The van der Waals surface area contributed by atoms with E-state index in [1.54, 1.807) is 24.0 Å². The minimum atomic E-state index is -0.581. The maximum Gasteiger partial charge on any atom is 0.338 e. The van der Waals surface area contributed by atoms with Gasteiger partial charge in [-0.25, -0.2) is 4.79 Å². The molecule has 1 unspecified atom stereocenters. The van der Waals surface area contributed by atoms with Crippen molar-refractivity contribution < 1.29 is 23.8 Å². The number of hydrogen-bond acceptors (Lipinski definition) is 9. The fraction of sp³-hybridized carbons (Fsp3) is 0.381. The molecule has 0 radical (unpaired) electrons. The van der Waals surface area contributed by atoms with Gasteiger partial charge < -0.3 is 24.4 Å². The second-order valence-corrected chi connectivity index (χ2v) is 7.25. The van der Waals surface area contributed by atoms with Crippen LogP contribution in [0, 0.1) is 0 Å². The highest BCUT2D eigenvalue weighted by atomic mass is 16.5. The standard InChI is InChI=1S/C21H24N6O5/c1-3-10-31-20(29)18-14(2)22-21-23-24-25-27(21)19(18)15-4-6-16(7-5-15)32-13-17(28)26-8-11-30-12-9-26/h3-7,19H,1,8-13H2,2H3,(H,22,23,25). The SMILES string of the molecule is C=CCOC(=O)C1=C(C)Nc2nnnn2C1c1ccc(OCC(=O)N2CCOCC2)cc1. The zero-order valence-electron chi connectivity index (χ0n) is 17.7. The topological polar surface area (TPSA) is 121 Å². The zero-order chi connectivity index (χ0) is 22.5. The van der Waals surface area contributed by atoms with E-state index >= 15 is 0 Å². The molecule has 1 saturated heterocycles. The normalized spacial score (nSPS) is 17.9. The van der Waals surface area contributed by atoms with Crippen LogP contribution in [0.1, 0.15) is 18.5 Å². The van der Waals surface area contributed by atoms with E-state index in [9.17, 15) is 9.59 Å². The predicted molar refractivity (Wildman–Crippen MR) is 113 cm³/mol. The molecule has 1 atom stereocenters. The molecule has 168 valence electrons. The molecular weight excluding hydrogens is 416 g/mol. The van der Waals surface area contributed by atoms with Crippen molar-refractivity contribution in [2.75, 3.05) is 44.8 Å². The molecule has 0 spiro atoms. The summed E-state index contributed by atoms with van der Waals surface area (Å²) in [6.07, 6.45) is 1.51. The number of anilines is 1. The molecule has 2 aliphatic heterocycles. The van der Waals surface area contributed by atoms with Crippen molar-refractivity contribution in [3.8, 4) is 5.75 Å². The summed E-state index contributed by atoms with van der Waals surface area (Å²) < 4.78 is 17.7. The van der Waals surface area contributed by atoms with Crippen molar-refractivity contribution in [2.24, 2.45) is 0 Å². The molecule has 1 aromatic carbocycles. The number of amides is 1. The van der Waals surface area contributed by atoms with Crippen LogP contribution >= 0.6 is 0 Å². The maximum atomic E-state index is 12.8. The first-order valence-electron chi connectivity index (χ1n) is 10.2. The van der Waals surface area contributed by atoms with E-state index < -0.39 is 12.0 Å². The Morgan fingerprint density at radius 3 is 2.75 bits per heavy atom. The van der Waals surface area contributed by atoms with Gasteiger partial charge in [0.15, 0.2) is 6.61 Å². The molecule has 11 nitrogen and oxygen atoms in total. The van der Waals surface area contributed by atoms with Crippen LogP contribution in [0.4, 0.5) is 5.95 Å². The number of esters is 1. The summed E-state index contributed by atoms with van der Waals surface area (Å²) in [4.78, 5) is 26.8.